The van der Waals surface area contributed by atoms with Crippen molar-refractivity contribution < 1.29 is 0 Å². The van der Waals surface area contributed by atoms with Crippen molar-refractivity contribution in [2.45, 2.75) is 6.92 Å². The van der Waals surface area contributed by atoms with Crippen LogP contribution >= 0.6 is 0 Å². The molecule has 0 amide bonds. The van der Waals surface area contributed by atoms with Gasteiger partial charge in [-0.25, -0.2) is 9.55 Å². The number of benzene rings is 1. The van der Waals surface area contributed by atoms with E-state index in [9.17, 15) is 0 Å². The van der Waals surface area contributed by atoms with Crippen LogP contribution in [0.1, 0.15) is 5.56 Å². The Morgan fingerprint density at radius 1 is 0.800 bits per heavy atom. The second-order valence-corrected chi connectivity index (χ2v) is 5.58. The molecule has 0 aliphatic heterocycles. The molecule has 0 spiro atoms. The first kappa shape index (κ1) is 15.0. The number of aromatic nitrogens is 5. The van der Waals surface area contributed by atoms with Crippen molar-refractivity contribution in [3.05, 3.63) is 78.6 Å². The lowest BCUT2D eigenvalue weighted by Gasteiger charge is -2.10. The van der Waals surface area contributed by atoms with Gasteiger partial charge in [0.25, 0.3) is 0 Å². The van der Waals surface area contributed by atoms with Crippen molar-refractivity contribution >= 4 is 11.6 Å². The summed E-state index contributed by atoms with van der Waals surface area (Å²) >= 11 is 0. The Balaban J connectivity index is 1.82. The van der Waals surface area contributed by atoms with Crippen molar-refractivity contribution in [3.8, 4) is 17.3 Å². The predicted molar refractivity (Wildman–Crippen MR) is 96.8 cm³/mol. The van der Waals surface area contributed by atoms with Gasteiger partial charge in [0.2, 0.25) is 5.95 Å². The molecule has 6 heteroatoms. The van der Waals surface area contributed by atoms with Crippen molar-refractivity contribution in [2.75, 3.05) is 5.32 Å². The van der Waals surface area contributed by atoms with Gasteiger partial charge in [0.1, 0.15) is 11.5 Å². The maximum absolute atomic E-state index is 4.44. The van der Waals surface area contributed by atoms with E-state index in [0.717, 1.165) is 17.2 Å². The third-order valence-corrected chi connectivity index (χ3v) is 3.74. The molecule has 122 valence electrons. The van der Waals surface area contributed by atoms with E-state index in [-0.39, 0.29) is 0 Å². The molecule has 25 heavy (non-hydrogen) atoms. The minimum atomic E-state index is 0.586. The van der Waals surface area contributed by atoms with Crippen molar-refractivity contribution in [2.24, 2.45) is 0 Å². The summed E-state index contributed by atoms with van der Waals surface area (Å²) in [7, 11) is 0. The largest absolute Gasteiger partial charge is 0.324 e. The first-order valence-electron chi connectivity index (χ1n) is 7.93. The van der Waals surface area contributed by atoms with E-state index in [1.807, 2.05) is 65.2 Å². The van der Waals surface area contributed by atoms with Gasteiger partial charge in [-0.05, 0) is 43.3 Å². The number of nitrogens with one attached hydrogen (secondary N) is 1. The number of pyridine rings is 2. The lowest BCUT2D eigenvalue weighted by Crippen LogP contribution is -2.05. The molecular weight excluding hydrogens is 312 g/mol. The van der Waals surface area contributed by atoms with Gasteiger partial charge < -0.3 is 5.32 Å². The highest BCUT2D eigenvalue weighted by atomic mass is 15.4. The molecule has 4 rings (SSSR count). The molecule has 0 saturated heterocycles. The molecule has 1 aromatic carbocycles. The van der Waals surface area contributed by atoms with Crippen LogP contribution in [-0.4, -0.2) is 24.7 Å². The zero-order valence-electron chi connectivity index (χ0n) is 13.7. The summed E-state index contributed by atoms with van der Waals surface area (Å²) < 4.78 is 1.86. The van der Waals surface area contributed by atoms with E-state index in [2.05, 4.69) is 32.4 Å². The molecule has 0 fully saturated rings. The summed E-state index contributed by atoms with van der Waals surface area (Å²) in [6.07, 6.45) is 3.48. The summed E-state index contributed by atoms with van der Waals surface area (Å²) in [4.78, 5) is 8.83. The molecule has 1 N–H and O–H groups in total. The van der Waals surface area contributed by atoms with Crippen LogP contribution in [0, 0.1) is 6.92 Å². The normalized spacial score (nSPS) is 10.6. The van der Waals surface area contributed by atoms with Gasteiger partial charge in [0, 0.05) is 18.1 Å². The summed E-state index contributed by atoms with van der Waals surface area (Å²) in [6, 6.07) is 19.5. The van der Waals surface area contributed by atoms with Gasteiger partial charge in [-0.2, -0.15) is 0 Å². The van der Waals surface area contributed by atoms with E-state index in [1.54, 1.807) is 12.4 Å². The van der Waals surface area contributed by atoms with E-state index < -0.39 is 0 Å². The number of aryl methyl sites for hydroxylation is 1. The number of hydrogen-bond acceptors (Lipinski definition) is 5. The standard InChI is InChI=1S/C19H16N6/c1-14-8-10-15(11-9-14)22-19-24-23-18(16-6-2-4-12-20-16)25(19)17-7-3-5-13-21-17/h2-13H,1H3,(H,22,24). The Kier molecular flexibility index (Phi) is 3.92. The Morgan fingerprint density at radius 3 is 2.24 bits per heavy atom. The van der Waals surface area contributed by atoms with Crippen LogP contribution in [0.5, 0.6) is 0 Å². The predicted octanol–water partition coefficient (Wildman–Crippen LogP) is 3.78. The van der Waals surface area contributed by atoms with Crippen LogP contribution in [-0.2, 0) is 0 Å². The van der Waals surface area contributed by atoms with Gasteiger partial charge >= 0.3 is 0 Å². The molecule has 4 aromatic rings. The van der Waals surface area contributed by atoms with Crippen LogP contribution in [0.4, 0.5) is 11.6 Å². The maximum atomic E-state index is 4.44. The number of anilines is 2. The zero-order valence-corrected chi connectivity index (χ0v) is 13.7. The van der Waals surface area contributed by atoms with Crippen LogP contribution in [0.3, 0.4) is 0 Å². The van der Waals surface area contributed by atoms with Crippen LogP contribution in [0.2, 0.25) is 0 Å². The number of nitrogens with zero attached hydrogens (tertiary/aromatic N) is 5. The monoisotopic (exact) mass is 328 g/mol. The van der Waals surface area contributed by atoms with Crippen molar-refractivity contribution in [1.82, 2.24) is 24.7 Å². The summed E-state index contributed by atoms with van der Waals surface area (Å²) in [6.45, 7) is 2.05. The molecule has 0 aliphatic carbocycles. The molecule has 3 heterocycles. The third kappa shape index (κ3) is 3.10. The average Bonchev–Trinajstić information content (AvgIpc) is 3.08. The minimum absolute atomic E-state index is 0.586. The summed E-state index contributed by atoms with van der Waals surface area (Å²) in [5.41, 5.74) is 2.87. The minimum Gasteiger partial charge on any atom is -0.324 e. The van der Waals surface area contributed by atoms with Crippen LogP contribution < -0.4 is 5.32 Å². The summed E-state index contributed by atoms with van der Waals surface area (Å²) in [5, 5.41) is 11.9. The highest BCUT2D eigenvalue weighted by Crippen LogP contribution is 2.24. The Morgan fingerprint density at radius 2 is 1.56 bits per heavy atom. The van der Waals surface area contributed by atoms with Gasteiger partial charge in [0.05, 0.1) is 0 Å². The maximum Gasteiger partial charge on any atom is 0.235 e. The van der Waals surface area contributed by atoms with Crippen molar-refractivity contribution in [1.29, 1.82) is 0 Å². The fraction of sp³-hybridized carbons (Fsp3) is 0.0526. The lowest BCUT2D eigenvalue weighted by molar-refractivity contribution is 0.997. The van der Waals surface area contributed by atoms with E-state index in [0.29, 0.717) is 11.8 Å². The first-order valence-corrected chi connectivity index (χ1v) is 7.93. The van der Waals surface area contributed by atoms with Gasteiger partial charge in [0.15, 0.2) is 5.82 Å². The summed E-state index contributed by atoms with van der Waals surface area (Å²) in [5.74, 6) is 1.94. The molecule has 0 aliphatic rings. The fourth-order valence-corrected chi connectivity index (χ4v) is 2.50. The number of hydrogen-bond donors (Lipinski definition) is 1. The average molecular weight is 328 g/mol. The second kappa shape index (κ2) is 6.52. The highest BCUT2D eigenvalue weighted by Gasteiger charge is 2.17. The smallest absolute Gasteiger partial charge is 0.235 e. The molecule has 0 radical (unpaired) electrons. The van der Waals surface area contributed by atoms with Gasteiger partial charge in [-0.15, -0.1) is 10.2 Å². The Hall–Kier alpha value is -3.54. The molecule has 0 saturated carbocycles. The molecule has 0 atom stereocenters. The zero-order chi connectivity index (χ0) is 17.1. The van der Waals surface area contributed by atoms with Crippen LogP contribution in [0.25, 0.3) is 17.3 Å². The molecule has 0 bridgehead atoms. The number of rotatable bonds is 4. The Bertz CT molecular complexity index is 962. The topological polar surface area (TPSA) is 68.5 Å². The third-order valence-electron chi connectivity index (χ3n) is 3.74. The SMILES string of the molecule is Cc1ccc(Nc2nnc(-c3ccccn3)n2-c2ccccn2)cc1. The lowest BCUT2D eigenvalue weighted by atomic mass is 10.2. The molecule has 0 unspecified atom stereocenters. The van der Waals surface area contributed by atoms with Crippen LogP contribution in [0.15, 0.2) is 73.1 Å². The van der Waals surface area contributed by atoms with Gasteiger partial charge in [-0.1, -0.05) is 29.8 Å². The van der Waals surface area contributed by atoms with Gasteiger partial charge in [-0.3, -0.25) is 4.98 Å². The molecule has 3 aromatic heterocycles. The quantitative estimate of drug-likeness (QED) is 0.617. The van der Waals surface area contributed by atoms with E-state index in [1.165, 1.54) is 5.56 Å². The van der Waals surface area contributed by atoms with E-state index in [4.69, 9.17) is 0 Å². The fourth-order valence-electron chi connectivity index (χ4n) is 2.50. The Labute approximate surface area is 145 Å². The highest BCUT2D eigenvalue weighted by molar-refractivity contribution is 5.61. The second-order valence-electron chi connectivity index (χ2n) is 5.58. The van der Waals surface area contributed by atoms with Crippen molar-refractivity contribution in [3.63, 3.8) is 0 Å². The molecule has 6 nitrogen and oxygen atoms in total. The molecular formula is C19H16N6. The first-order chi connectivity index (χ1) is 12.3. The van der Waals surface area contributed by atoms with E-state index >= 15 is 0 Å².